The van der Waals surface area contributed by atoms with Crippen LogP contribution in [0, 0.1) is 17.9 Å². The molecule has 0 radical (unpaired) electrons. The Morgan fingerprint density at radius 1 is 1.13 bits per heavy atom. The number of nitriles is 1. The minimum absolute atomic E-state index is 0.272. The largest absolute Gasteiger partial charge is 0.387 e. The molecule has 0 aliphatic carbocycles. The van der Waals surface area contributed by atoms with Crippen LogP contribution in [-0.4, -0.2) is 24.4 Å². The second kappa shape index (κ2) is 9.17. The molecule has 0 saturated carbocycles. The molecule has 158 valence electrons. The number of anilines is 1. The zero-order valence-corrected chi connectivity index (χ0v) is 19.1. The predicted octanol–water partition coefficient (Wildman–Crippen LogP) is 3.53. The van der Waals surface area contributed by atoms with Gasteiger partial charge in [-0.1, -0.05) is 81.4 Å². The first-order valence-electron chi connectivity index (χ1n) is 10.2. The summed E-state index contributed by atoms with van der Waals surface area (Å²) in [6, 6.07) is 22.6. The summed E-state index contributed by atoms with van der Waals surface area (Å²) in [6.07, 6.45) is 0.648. The molecule has 0 amide bonds. The van der Waals surface area contributed by atoms with Crippen molar-refractivity contribution in [2.45, 2.75) is 38.5 Å². The number of rotatable bonds is 7. The van der Waals surface area contributed by atoms with E-state index in [0.717, 1.165) is 10.4 Å². The van der Waals surface area contributed by atoms with Crippen molar-refractivity contribution in [1.82, 2.24) is 9.55 Å². The normalized spacial score (nSPS) is 12.7. The zero-order valence-electron chi connectivity index (χ0n) is 18.1. The van der Waals surface area contributed by atoms with E-state index in [1.54, 1.807) is 10.9 Å². The fraction of sp³-hybridized carbons (Fsp3) is 0.292. The van der Waals surface area contributed by atoms with Crippen molar-refractivity contribution in [2.75, 3.05) is 12.3 Å². The third kappa shape index (κ3) is 4.24. The molecule has 0 aliphatic rings. The van der Waals surface area contributed by atoms with E-state index in [4.69, 9.17) is 16.7 Å². The van der Waals surface area contributed by atoms with E-state index in [-0.39, 0.29) is 5.04 Å². The molecule has 0 fully saturated rings. The van der Waals surface area contributed by atoms with Crippen LogP contribution >= 0.6 is 0 Å². The Bertz CT molecular complexity index is 1050. The smallest absolute Gasteiger partial charge is 0.263 e. The predicted molar refractivity (Wildman–Crippen MR) is 125 cm³/mol. The Morgan fingerprint density at radius 3 is 2.13 bits per heavy atom. The van der Waals surface area contributed by atoms with Crippen LogP contribution in [0.2, 0.25) is 5.04 Å². The van der Waals surface area contributed by atoms with Crippen molar-refractivity contribution in [3.05, 3.63) is 84.1 Å². The summed E-state index contributed by atoms with van der Waals surface area (Å²) < 4.78 is 8.57. The molecule has 31 heavy (non-hydrogen) atoms. The van der Waals surface area contributed by atoms with Crippen molar-refractivity contribution in [2.24, 2.45) is 0 Å². The standard InChI is InChI=1S/C24H27N5OSi/c1-24(2,3)31(19-11-7-5-8-12-19,20-13-9-6-10-14-20)30-21(17-25)22-23(26)29(18-28-22)16-15-27-4/h5-14,18,21H,15-16,26H2,1-3H3/t21-/m1/s1. The highest BCUT2D eigenvalue weighted by Crippen LogP contribution is 2.40. The summed E-state index contributed by atoms with van der Waals surface area (Å²) in [5.74, 6) is 0.369. The first-order chi connectivity index (χ1) is 14.8. The van der Waals surface area contributed by atoms with Gasteiger partial charge in [-0.25, -0.2) is 11.6 Å². The Hall–Kier alpha value is -3.39. The molecule has 1 heterocycles. The summed E-state index contributed by atoms with van der Waals surface area (Å²) in [6.45, 7) is 14.2. The molecule has 0 aliphatic heterocycles. The summed E-state index contributed by atoms with van der Waals surface area (Å²) in [5, 5.41) is 12.0. The maximum Gasteiger partial charge on any atom is 0.263 e. The number of hydrogen-bond donors (Lipinski definition) is 1. The lowest BCUT2D eigenvalue weighted by Gasteiger charge is -2.43. The Morgan fingerprint density at radius 2 is 1.68 bits per heavy atom. The zero-order chi connectivity index (χ0) is 22.5. The SMILES string of the molecule is [C-]#[N+]CCn1cnc([C@@H](C#N)O[Si](c2ccccc2)(c2ccccc2)C(C)(C)C)c1N. The van der Waals surface area contributed by atoms with Crippen molar-refractivity contribution in [1.29, 1.82) is 5.26 Å². The molecule has 0 unspecified atom stereocenters. The van der Waals surface area contributed by atoms with Gasteiger partial charge in [-0.3, -0.25) is 0 Å². The minimum Gasteiger partial charge on any atom is -0.387 e. The Labute approximate surface area is 184 Å². The van der Waals surface area contributed by atoms with E-state index in [1.807, 2.05) is 36.4 Å². The van der Waals surface area contributed by atoms with Crippen molar-refractivity contribution in [3.8, 4) is 6.07 Å². The molecule has 0 saturated heterocycles. The van der Waals surface area contributed by atoms with Gasteiger partial charge in [-0.15, -0.1) is 0 Å². The van der Waals surface area contributed by atoms with E-state index in [0.29, 0.717) is 24.6 Å². The van der Waals surface area contributed by atoms with Crippen LogP contribution in [-0.2, 0) is 11.0 Å². The minimum atomic E-state index is -2.93. The van der Waals surface area contributed by atoms with E-state index in [2.05, 4.69) is 60.9 Å². The van der Waals surface area contributed by atoms with Crippen LogP contribution in [0.1, 0.15) is 32.6 Å². The molecular formula is C24H27N5OSi. The maximum absolute atomic E-state index is 10.1. The molecule has 2 aromatic carbocycles. The van der Waals surface area contributed by atoms with Crippen LogP contribution < -0.4 is 16.1 Å². The quantitative estimate of drug-likeness (QED) is 0.460. The molecule has 6 nitrogen and oxygen atoms in total. The first kappa shape index (κ1) is 22.3. The average Bonchev–Trinajstić information content (AvgIpc) is 3.14. The van der Waals surface area contributed by atoms with Gasteiger partial charge in [0.1, 0.15) is 17.6 Å². The lowest BCUT2D eigenvalue weighted by atomic mass is 10.2. The van der Waals surface area contributed by atoms with Gasteiger partial charge < -0.3 is 19.6 Å². The van der Waals surface area contributed by atoms with Gasteiger partial charge in [0.15, 0.2) is 6.10 Å². The molecule has 2 N–H and O–H groups in total. The van der Waals surface area contributed by atoms with Crippen molar-refractivity contribution < 1.29 is 4.43 Å². The van der Waals surface area contributed by atoms with Gasteiger partial charge in [-0.2, -0.15) is 5.26 Å². The van der Waals surface area contributed by atoms with Crippen LogP contribution in [0.25, 0.3) is 4.85 Å². The fourth-order valence-electron chi connectivity index (χ4n) is 3.96. The highest BCUT2D eigenvalue weighted by atomic mass is 28.4. The van der Waals surface area contributed by atoms with Gasteiger partial charge in [0.05, 0.1) is 12.9 Å². The van der Waals surface area contributed by atoms with Crippen molar-refractivity contribution in [3.63, 3.8) is 0 Å². The van der Waals surface area contributed by atoms with Gasteiger partial charge in [-0.05, 0) is 15.4 Å². The molecule has 7 heteroatoms. The lowest BCUT2D eigenvalue weighted by molar-refractivity contribution is 0.241. The number of nitrogens with two attached hydrogens (primary N) is 1. The van der Waals surface area contributed by atoms with E-state index >= 15 is 0 Å². The first-order valence-corrected chi connectivity index (χ1v) is 12.1. The molecule has 1 aromatic heterocycles. The summed E-state index contributed by atoms with van der Waals surface area (Å²) in [4.78, 5) is 7.78. The molecular weight excluding hydrogens is 402 g/mol. The highest BCUT2D eigenvalue weighted by Gasteiger charge is 2.52. The number of nitrogens with zero attached hydrogens (tertiary/aromatic N) is 4. The molecule has 0 bridgehead atoms. The molecule has 1 atom stereocenters. The summed E-state index contributed by atoms with van der Waals surface area (Å²) >= 11 is 0. The monoisotopic (exact) mass is 429 g/mol. The van der Waals surface area contributed by atoms with Gasteiger partial charge in [0.25, 0.3) is 8.32 Å². The third-order valence-corrected chi connectivity index (χ3v) is 10.4. The maximum atomic E-state index is 10.1. The van der Waals surface area contributed by atoms with Crippen LogP contribution in [0.15, 0.2) is 67.0 Å². The summed E-state index contributed by atoms with van der Waals surface area (Å²) in [5.41, 5.74) is 6.71. The molecule has 3 aromatic rings. The fourth-order valence-corrected chi connectivity index (χ4v) is 8.49. The molecule has 0 spiro atoms. The number of hydrogen-bond acceptors (Lipinski definition) is 4. The van der Waals surface area contributed by atoms with Gasteiger partial charge in [0, 0.05) is 0 Å². The number of benzene rings is 2. The second-order valence-electron chi connectivity index (χ2n) is 8.38. The Kier molecular flexibility index (Phi) is 6.60. The summed E-state index contributed by atoms with van der Waals surface area (Å²) in [7, 11) is -2.93. The number of nitrogen functional groups attached to an aromatic ring is 1. The van der Waals surface area contributed by atoms with Gasteiger partial charge in [0.2, 0.25) is 6.54 Å². The lowest BCUT2D eigenvalue weighted by Crippen LogP contribution is -2.66. The topological polar surface area (TPSA) is 81.2 Å². The number of imidazole rings is 1. The van der Waals surface area contributed by atoms with Crippen molar-refractivity contribution >= 4 is 24.5 Å². The van der Waals surface area contributed by atoms with Crippen LogP contribution in [0.5, 0.6) is 0 Å². The van der Waals surface area contributed by atoms with E-state index in [9.17, 15) is 5.26 Å². The molecule has 3 rings (SSSR count). The second-order valence-corrected chi connectivity index (χ2v) is 12.6. The van der Waals surface area contributed by atoms with E-state index < -0.39 is 14.4 Å². The third-order valence-electron chi connectivity index (χ3n) is 5.44. The van der Waals surface area contributed by atoms with Crippen LogP contribution in [0.3, 0.4) is 0 Å². The Balaban J connectivity index is 2.16. The number of aromatic nitrogens is 2. The average molecular weight is 430 g/mol. The van der Waals surface area contributed by atoms with E-state index in [1.165, 1.54) is 0 Å². The van der Waals surface area contributed by atoms with Gasteiger partial charge >= 0.3 is 0 Å². The highest BCUT2D eigenvalue weighted by molar-refractivity contribution is 6.99. The van der Waals surface area contributed by atoms with Crippen LogP contribution in [0.4, 0.5) is 5.82 Å².